The number of hydrogen-bond donors (Lipinski definition) is 2. The number of carbonyl (C=O) groups excluding carboxylic acids is 1. The highest BCUT2D eigenvalue weighted by atomic mass is 127. The van der Waals surface area contributed by atoms with Gasteiger partial charge in [-0.05, 0) is 40.0 Å². The molecule has 1 saturated heterocycles. The zero-order chi connectivity index (χ0) is 16.4. The Bertz CT molecular complexity index is 356. The number of nitrogens with zero attached hydrogens (tertiary/aromatic N) is 2. The van der Waals surface area contributed by atoms with E-state index in [1.165, 1.54) is 0 Å². The zero-order valence-electron chi connectivity index (χ0n) is 14.9. The molecule has 0 aliphatic carbocycles. The van der Waals surface area contributed by atoms with Gasteiger partial charge in [0.1, 0.15) is 0 Å². The standard InChI is InChI=1S/C16H32N4O2.HI/c1-5-22-15(21)7-6-10-18-16(17-4)19-14-8-11-20(12-9-14)13(2)3;/h13-14H,5-12H2,1-4H3,(H2,17,18,19);1H. The molecule has 0 atom stereocenters. The molecule has 2 N–H and O–H groups in total. The minimum absolute atomic E-state index is 0. The van der Waals surface area contributed by atoms with E-state index in [2.05, 4.69) is 34.4 Å². The van der Waals surface area contributed by atoms with Crippen LogP contribution in [-0.4, -0.2) is 62.2 Å². The van der Waals surface area contributed by atoms with Gasteiger partial charge < -0.3 is 20.3 Å². The normalized spacial score (nSPS) is 16.8. The summed E-state index contributed by atoms with van der Waals surface area (Å²) in [5.41, 5.74) is 0. The molecular weight excluding hydrogens is 407 g/mol. The number of ether oxygens (including phenoxy) is 1. The highest BCUT2D eigenvalue weighted by Crippen LogP contribution is 2.12. The number of piperidine rings is 1. The molecule has 23 heavy (non-hydrogen) atoms. The summed E-state index contributed by atoms with van der Waals surface area (Å²) < 4.78 is 4.91. The van der Waals surface area contributed by atoms with Crippen LogP contribution in [0.2, 0.25) is 0 Å². The molecule has 0 spiro atoms. The molecule has 1 heterocycles. The van der Waals surface area contributed by atoms with E-state index in [1.54, 1.807) is 7.05 Å². The van der Waals surface area contributed by atoms with Gasteiger partial charge >= 0.3 is 5.97 Å². The second-order valence-corrected chi connectivity index (χ2v) is 5.96. The van der Waals surface area contributed by atoms with E-state index in [4.69, 9.17) is 4.74 Å². The lowest BCUT2D eigenvalue weighted by Gasteiger charge is -2.35. The summed E-state index contributed by atoms with van der Waals surface area (Å²) in [6.45, 7) is 9.76. The predicted octanol–water partition coefficient (Wildman–Crippen LogP) is 1.99. The van der Waals surface area contributed by atoms with Crippen LogP contribution in [0.4, 0.5) is 0 Å². The van der Waals surface area contributed by atoms with E-state index in [0.717, 1.165) is 44.9 Å². The number of halogens is 1. The molecule has 136 valence electrons. The summed E-state index contributed by atoms with van der Waals surface area (Å²) in [5, 5.41) is 6.74. The van der Waals surface area contributed by atoms with Gasteiger partial charge in [-0.3, -0.25) is 9.79 Å². The van der Waals surface area contributed by atoms with Crippen LogP contribution < -0.4 is 10.6 Å². The molecule has 0 aromatic rings. The van der Waals surface area contributed by atoms with Crippen molar-refractivity contribution in [3.8, 4) is 0 Å². The molecular formula is C16H33IN4O2. The Labute approximate surface area is 157 Å². The number of hydrogen-bond acceptors (Lipinski definition) is 4. The number of rotatable bonds is 7. The lowest BCUT2D eigenvalue weighted by molar-refractivity contribution is -0.143. The van der Waals surface area contributed by atoms with E-state index in [9.17, 15) is 4.79 Å². The quantitative estimate of drug-likeness (QED) is 0.209. The maximum atomic E-state index is 11.3. The molecule has 0 saturated carbocycles. The summed E-state index contributed by atoms with van der Waals surface area (Å²) in [4.78, 5) is 18.0. The summed E-state index contributed by atoms with van der Waals surface area (Å²) in [6, 6.07) is 1.10. The van der Waals surface area contributed by atoms with E-state index >= 15 is 0 Å². The molecule has 0 aromatic heterocycles. The molecule has 0 bridgehead atoms. The number of esters is 1. The summed E-state index contributed by atoms with van der Waals surface area (Å²) in [6.07, 6.45) is 3.49. The van der Waals surface area contributed by atoms with E-state index in [0.29, 0.717) is 25.1 Å². The van der Waals surface area contributed by atoms with Gasteiger partial charge in [0.2, 0.25) is 0 Å². The molecule has 0 unspecified atom stereocenters. The summed E-state index contributed by atoms with van der Waals surface area (Å²) in [5.74, 6) is 0.695. The fourth-order valence-corrected chi connectivity index (χ4v) is 2.62. The lowest BCUT2D eigenvalue weighted by Crippen LogP contribution is -2.50. The minimum Gasteiger partial charge on any atom is -0.466 e. The maximum Gasteiger partial charge on any atom is 0.305 e. The lowest BCUT2D eigenvalue weighted by atomic mass is 10.0. The van der Waals surface area contributed by atoms with Crippen LogP contribution in [0.5, 0.6) is 0 Å². The second kappa shape index (κ2) is 12.8. The van der Waals surface area contributed by atoms with Crippen molar-refractivity contribution in [2.24, 2.45) is 4.99 Å². The smallest absolute Gasteiger partial charge is 0.305 e. The Hall–Kier alpha value is -0.570. The largest absolute Gasteiger partial charge is 0.466 e. The van der Waals surface area contributed by atoms with Crippen LogP contribution >= 0.6 is 24.0 Å². The Balaban J connectivity index is 0.00000484. The van der Waals surface area contributed by atoms with Crippen LogP contribution in [0, 0.1) is 0 Å². The van der Waals surface area contributed by atoms with Crippen LogP contribution in [0.25, 0.3) is 0 Å². The van der Waals surface area contributed by atoms with Crippen molar-refractivity contribution in [3.63, 3.8) is 0 Å². The number of aliphatic imine (C=N–C) groups is 1. The minimum atomic E-state index is -0.131. The summed E-state index contributed by atoms with van der Waals surface area (Å²) >= 11 is 0. The average Bonchev–Trinajstić information content (AvgIpc) is 2.51. The molecule has 7 heteroatoms. The van der Waals surface area contributed by atoms with Gasteiger partial charge in [-0.2, -0.15) is 0 Å². The van der Waals surface area contributed by atoms with Crippen LogP contribution in [0.15, 0.2) is 4.99 Å². The maximum absolute atomic E-state index is 11.3. The molecule has 0 radical (unpaired) electrons. The van der Waals surface area contributed by atoms with E-state index in [-0.39, 0.29) is 29.9 Å². The third-order valence-corrected chi connectivity index (χ3v) is 3.98. The number of carbonyl (C=O) groups is 1. The van der Waals surface area contributed by atoms with Crippen molar-refractivity contribution in [2.45, 2.75) is 58.5 Å². The number of guanidine groups is 1. The monoisotopic (exact) mass is 440 g/mol. The highest BCUT2D eigenvalue weighted by molar-refractivity contribution is 14.0. The first-order valence-corrected chi connectivity index (χ1v) is 8.43. The Morgan fingerprint density at radius 2 is 2.00 bits per heavy atom. The van der Waals surface area contributed by atoms with Gasteiger partial charge in [-0.1, -0.05) is 0 Å². The van der Waals surface area contributed by atoms with E-state index in [1.807, 2.05) is 6.92 Å². The summed E-state index contributed by atoms with van der Waals surface area (Å²) in [7, 11) is 1.78. The zero-order valence-corrected chi connectivity index (χ0v) is 17.3. The van der Waals surface area contributed by atoms with Gasteiger partial charge in [0.15, 0.2) is 5.96 Å². The van der Waals surface area contributed by atoms with Gasteiger partial charge in [-0.15, -0.1) is 24.0 Å². The van der Waals surface area contributed by atoms with Crippen molar-refractivity contribution in [2.75, 3.05) is 33.3 Å². The second-order valence-electron chi connectivity index (χ2n) is 5.96. The van der Waals surface area contributed by atoms with Gasteiger partial charge in [0.05, 0.1) is 6.61 Å². The third-order valence-electron chi connectivity index (χ3n) is 3.98. The van der Waals surface area contributed by atoms with Crippen molar-refractivity contribution in [1.82, 2.24) is 15.5 Å². The number of nitrogens with one attached hydrogen (secondary N) is 2. The van der Waals surface area contributed by atoms with Gasteiger partial charge in [0.25, 0.3) is 0 Å². The molecule has 0 aromatic carbocycles. The molecule has 6 nitrogen and oxygen atoms in total. The predicted molar refractivity (Wildman–Crippen MR) is 106 cm³/mol. The molecule has 0 amide bonds. The molecule has 1 aliphatic heterocycles. The van der Waals surface area contributed by atoms with Crippen LogP contribution in [0.3, 0.4) is 0 Å². The van der Waals surface area contributed by atoms with Crippen LogP contribution in [-0.2, 0) is 9.53 Å². The van der Waals surface area contributed by atoms with Crippen molar-refractivity contribution in [1.29, 1.82) is 0 Å². The van der Waals surface area contributed by atoms with Crippen molar-refractivity contribution < 1.29 is 9.53 Å². The first-order chi connectivity index (χ1) is 10.6. The molecule has 1 rings (SSSR count). The Kier molecular flexibility index (Phi) is 12.5. The topological polar surface area (TPSA) is 66.0 Å². The fourth-order valence-electron chi connectivity index (χ4n) is 2.62. The van der Waals surface area contributed by atoms with Crippen molar-refractivity contribution in [3.05, 3.63) is 0 Å². The first kappa shape index (κ1) is 22.4. The average molecular weight is 440 g/mol. The van der Waals surface area contributed by atoms with Gasteiger partial charge in [0, 0.05) is 45.2 Å². The fraction of sp³-hybridized carbons (Fsp3) is 0.875. The molecule has 1 fully saturated rings. The Morgan fingerprint density at radius 3 is 2.52 bits per heavy atom. The Morgan fingerprint density at radius 1 is 1.35 bits per heavy atom. The number of likely N-dealkylation sites (tertiary alicyclic amines) is 1. The third kappa shape index (κ3) is 9.34. The molecule has 1 aliphatic rings. The van der Waals surface area contributed by atoms with Crippen molar-refractivity contribution >= 4 is 35.9 Å². The van der Waals surface area contributed by atoms with Gasteiger partial charge in [-0.25, -0.2) is 0 Å². The SMILES string of the molecule is CCOC(=O)CCCNC(=NC)NC1CCN(C(C)C)CC1.I. The first-order valence-electron chi connectivity index (χ1n) is 8.43. The highest BCUT2D eigenvalue weighted by Gasteiger charge is 2.21. The van der Waals surface area contributed by atoms with E-state index < -0.39 is 0 Å². The van der Waals surface area contributed by atoms with Crippen LogP contribution in [0.1, 0.15) is 46.5 Å².